The molecule has 0 bridgehead atoms. The zero-order chi connectivity index (χ0) is 30.2. The summed E-state index contributed by atoms with van der Waals surface area (Å²) in [6, 6.07) is 1.68. The van der Waals surface area contributed by atoms with Crippen molar-refractivity contribution >= 4 is 17.7 Å². The number of carbonyl (C=O) groups excluding carboxylic acids is 3. The Morgan fingerprint density at radius 3 is 2.02 bits per heavy atom. The smallest absolute Gasteiger partial charge is 0.253 e. The molecular weight excluding hydrogens is 508 g/mol. The minimum atomic E-state index is -1.38. The van der Waals surface area contributed by atoms with Crippen molar-refractivity contribution in [3.63, 3.8) is 0 Å². The Hall–Kier alpha value is -2.52. The lowest BCUT2D eigenvalue weighted by Gasteiger charge is -2.33. The van der Waals surface area contributed by atoms with E-state index in [0.29, 0.717) is 30.9 Å². The molecule has 5 atom stereocenters. The van der Waals surface area contributed by atoms with E-state index in [0.717, 1.165) is 32.1 Å². The van der Waals surface area contributed by atoms with E-state index in [1.54, 1.807) is 25.3 Å². The molecule has 0 fully saturated rings. The molecular formula is C31H54N4O5. The summed E-state index contributed by atoms with van der Waals surface area (Å²) in [7, 11) is 0. The predicted octanol–water partition coefficient (Wildman–Crippen LogP) is 3.84. The van der Waals surface area contributed by atoms with Gasteiger partial charge in [0.25, 0.3) is 5.91 Å². The Labute approximate surface area is 241 Å². The fraction of sp³-hybridized carbons (Fsp3) is 0.742. The molecule has 0 radical (unpaired) electrons. The van der Waals surface area contributed by atoms with Crippen LogP contribution < -0.4 is 16.0 Å². The number of pyridine rings is 1. The number of hydrogen-bond acceptors (Lipinski definition) is 6. The molecule has 0 saturated heterocycles. The molecule has 40 heavy (non-hydrogen) atoms. The highest BCUT2D eigenvalue weighted by Gasteiger charge is 2.36. The van der Waals surface area contributed by atoms with Crippen LogP contribution in [0.3, 0.4) is 0 Å². The van der Waals surface area contributed by atoms with Crippen LogP contribution in [0.4, 0.5) is 0 Å². The van der Waals surface area contributed by atoms with E-state index in [1.807, 2.05) is 27.7 Å². The number of amides is 3. The molecule has 5 N–H and O–H groups in total. The maximum absolute atomic E-state index is 13.6. The van der Waals surface area contributed by atoms with Crippen molar-refractivity contribution in [1.82, 2.24) is 20.9 Å². The molecule has 1 aromatic rings. The number of rotatable bonds is 19. The first-order chi connectivity index (χ1) is 18.9. The summed E-state index contributed by atoms with van der Waals surface area (Å²) in [6.45, 7) is 14.2. The number of aliphatic hydroxyl groups excluding tert-OH is 2. The van der Waals surface area contributed by atoms with Crippen LogP contribution in [0, 0.1) is 23.7 Å². The van der Waals surface area contributed by atoms with Gasteiger partial charge in [0.1, 0.15) is 12.1 Å². The average molecular weight is 563 g/mol. The van der Waals surface area contributed by atoms with Gasteiger partial charge in [0.05, 0.1) is 23.6 Å². The van der Waals surface area contributed by atoms with Crippen molar-refractivity contribution in [2.45, 2.75) is 118 Å². The lowest BCUT2D eigenvalue weighted by atomic mass is 9.89. The first kappa shape index (κ1) is 35.5. The van der Waals surface area contributed by atoms with Crippen LogP contribution in [-0.2, 0) is 9.59 Å². The molecule has 1 aromatic heterocycles. The van der Waals surface area contributed by atoms with Crippen molar-refractivity contribution in [3.8, 4) is 0 Å². The second-order valence-corrected chi connectivity index (χ2v) is 11.9. The van der Waals surface area contributed by atoms with Gasteiger partial charge in [0, 0.05) is 18.9 Å². The minimum Gasteiger partial charge on any atom is -0.390 e. The van der Waals surface area contributed by atoms with E-state index in [-0.39, 0.29) is 17.7 Å². The maximum Gasteiger partial charge on any atom is 0.253 e. The van der Waals surface area contributed by atoms with Crippen molar-refractivity contribution in [2.24, 2.45) is 23.7 Å². The van der Waals surface area contributed by atoms with Gasteiger partial charge in [0.2, 0.25) is 11.8 Å². The van der Waals surface area contributed by atoms with Gasteiger partial charge in [-0.05, 0) is 49.1 Å². The maximum atomic E-state index is 13.6. The Balaban J connectivity index is 3.10. The fourth-order valence-electron chi connectivity index (χ4n) is 4.89. The van der Waals surface area contributed by atoms with Crippen molar-refractivity contribution < 1.29 is 24.6 Å². The molecule has 0 aliphatic heterocycles. The lowest BCUT2D eigenvalue weighted by molar-refractivity contribution is -0.133. The third-order valence-electron chi connectivity index (χ3n) is 7.23. The van der Waals surface area contributed by atoms with E-state index in [9.17, 15) is 24.6 Å². The highest BCUT2D eigenvalue weighted by atomic mass is 16.3. The SMILES string of the molecule is CCCC(CCC)CCC(NC(=O)c1cccnc1)C(=O)N[C@@H](CC(C)C)[C@@H](O)[C@H](O)[C@@H](C)C(=O)NCC(C)C. The van der Waals surface area contributed by atoms with Gasteiger partial charge in [-0.25, -0.2) is 0 Å². The average Bonchev–Trinajstić information content (AvgIpc) is 2.92. The van der Waals surface area contributed by atoms with Crippen molar-refractivity contribution in [2.75, 3.05) is 6.54 Å². The van der Waals surface area contributed by atoms with Gasteiger partial charge >= 0.3 is 0 Å². The van der Waals surface area contributed by atoms with E-state index in [1.165, 1.54) is 6.20 Å². The zero-order valence-corrected chi connectivity index (χ0v) is 25.7. The van der Waals surface area contributed by atoms with Crippen LogP contribution in [0.25, 0.3) is 0 Å². The molecule has 3 amide bonds. The van der Waals surface area contributed by atoms with Crippen LogP contribution in [0.5, 0.6) is 0 Å². The molecule has 1 heterocycles. The third kappa shape index (κ3) is 12.8. The summed E-state index contributed by atoms with van der Waals surface area (Å²) in [5.74, 6) is -1.24. The number of nitrogens with zero attached hydrogens (tertiary/aromatic N) is 1. The summed E-state index contributed by atoms with van der Waals surface area (Å²) in [5, 5.41) is 30.6. The first-order valence-electron chi connectivity index (χ1n) is 15.1. The molecule has 9 heteroatoms. The van der Waals surface area contributed by atoms with Crippen LogP contribution in [0.1, 0.15) is 104 Å². The Bertz CT molecular complexity index is 874. The summed E-state index contributed by atoms with van der Waals surface area (Å²) in [6.07, 6.45) is 6.11. The van der Waals surface area contributed by atoms with Gasteiger partial charge in [0.15, 0.2) is 0 Å². The fourth-order valence-corrected chi connectivity index (χ4v) is 4.89. The van der Waals surface area contributed by atoms with Crippen LogP contribution in [0.2, 0.25) is 0 Å². The summed E-state index contributed by atoms with van der Waals surface area (Å²) >= 11 is 0. The molecule has 0 aliphatic carbocycles. The topological polar surface area (TPSA) is 141 Å². The Morgan fingerprint density at radius 1 is 0.850 bits per heavy atom. The number of nitrogens with one attached hydrogen (secondary N) is 3. The number of aromatic nitrogens is 1. The van der Waals surface area contributed by atoms with Crippen molar-refractivity contribution in [3.05, 3.63) is 30.1 Å². The van der Waals surface area contributed by atoms with Gasteiger partial charge in [-0.1, -0.05) is 74.1 Å². The van der Waals surface area contributed by atoms with E-state index >= 15 is 0 Å². The lowest BCUT2D eigenvalue weighted by Crippen LogP contribution is -2.56. The largest absolute Gasteiger partial charge is 0.390 e. The van der Waals surface area contributed by atoms with Crippen molar-refractivity contribution in [1.29, 1.82) is 0 Å². The molecule has 0 aromatic carbocycles. The minimum absolute atomic E-state index is 0.0964. The highest BCUT2D eigenvalue weighted by Crippen LogP contribution is 2.21. The van der Waals surface area contributed by atoms with Crippen LogP contribution in [0.15, 0.2) is 24.5 Å². The second-order valence-electron chi connectivity index (χ2n) is 11.9. The first-order valence-corrected chi connectivity index (χ1v) is 15.1. The molecule has 9 nitrogen and oxygen atoms in total. The standard InChI is InChI=1S/C31H54N4O5/c1-8-11-23(12-9-2)14-15-25(34-30(39)24-13-10-16-32-19-24)31(40)35-26(17-20(3)4)28(37)27(36)22(7)29(38)33-18-21(5)6/h10,13,16,19-23,25-28,36-37H,8-9,11-12,14-15,17-18H2,1-7H3,(H,33,38)(H,34,39)(H,35,40)/t22-,25?,26+,27-,28-/m1/s1. The Morgan fingerprint density at radius 2 is 1.50 bits per heavy atom. The molecule has 1 rings (SSSR count). The van der Waals surface area contributed by atoms with Gasteiger partial charge in [-0.3, -0.25) is 19.4 Å². The molecule has 228 valence electrons. The molecule has 0 saturated carbocycles. The summed E-state index contributed by atoms with van der Waals surface area (Å²) in [4.78, 5) is 43.2. The Kier molecular flexibility index (Phi) is 16.6. The summed E-state index contributed by atoms with van der Waals surface area (Å²) in [5.41, 5.74) is 0.356. The molecule has 1 unspecified atom stereocenters. The van der Waals surface area contributed by atoms with Gasteiger partial charge in [-0.2, -0.15) is 0 Å². The quantitative estimate of drug-likeness (QED) is 0.174. The third-order valence-corrected chi connectivity index (χ3v) is 7.23. The van der Waals surface area contributed by atoms with E-state index in [4.69, 9.17) is 0 Å². The highest BCUT2D eigenvalue weighted by molar-refractivity contribution is 5.97. The summed E-state index contributed by atoms with van der Waals surface area (Å²) < 4.78 is 0. The second kappa shape index (κ2) is 18.8. The molecule has 0 aliphatic rings. The van der Waals surface area contributed by atoms with Gasteiger partial charge in [-0.15, -0.1) is 0 Å². The number of hydrogen-bond donors (Lipinski definition) is 5. The van der Waals surface area contributed by atoms with Gasteiger partial charge < -0.3 is 26.2 Å². The normalized spacial score (nSPS) is 15.4. The molecule has 0 spiro atoms. The van der Waals surface area contributed by atoms with E-state index in [2.05, 4.69) is 34.8 Å². The number of carbonyl (C=O) groups is 3. The zero-order valence-electron chi connectivity index (χ0n) is 25.7. The number of aliphatic hydroxyl groups is 2. The monoisotopic (exact) mass is 562 g/mol. The predicted molar refractivity (Wildman–Crippen MR) is 158 cm³/mol. The van der Waals surface area contributed by atoms with Crippen LogP contribution >= 0.6 is 0 Å². The van der Waals surface area contributed by atoms with Crippen LogP contribution in [-0.4, -0.2) is 63.8 Å². The van der Waals surface area contributed by atoms with E-state index < -0.39 is 42.0 Å².